The Hall–Kier alpha value is -2.58. The summed E-state index contributed by atoms with van der Waals surface area (Å²) >= 11 is 0. The van der Waals surface area contributed by atoms with Gasteiger partial charge in [0.05, 0.1) is 37.3 Å². The van der Waals surface area contributed by atoms with Crippen LogP contribution in [0.15, 0.2) is 48.8 Å². The lowest BCUT2D eigenvalue weighted by Crippen LogP contribution is -2.33. The minimum absolute atomic E-state index is 0.0388. The zero-order valence-corrected chi connectivity index (χ0v) is 17.4. The van der Waals surface area contributed by atoms with Gasteiger partial charge in [0.2, 0.25) is 10.0 Å². The Morgan fingerprint density at radius 2 is 1.90 bits per heavy atom. The molecular weight excluding hydrogens is 390 g/mol. The average molecular weight is 416 g/mol. The fourth-order valence-electron chi connectivity index (χ4n) is 3.99. The van der Waals surface area contributed by atoms with Crippen LogP contribution in [-0.4, -0.2) is 48.8 Å². The first-order valence-corrected chi connectivity index (χ1v) is 11.3. The number of imidazole rings is 1. The molecule has 0 spiro atoms. The lowest BCUT2D eigenvalue weighted by atomic mass is 10.0. The number of sulfonamides is 1. The van der Waals surface area contributed by atoms with Crippen LogP contribution in [0.1, 0.15) is 24.4 Å². The molecule has 0 bridgehead atoms. The molecular formula is C21H25N3O4S. The molecule has 1 aliphatic rings. The van der Waals surface area contributed by atoms with Crippen LogP contribution >= 0.6 is 0 Å². The van der Waals surface area contributed by atoms with E-state index in [2.05, 4.69) is 4.98 Å². The monoisotopic (exact) mass is 415 g/mol. The number of para-hydroxylation sites is 2. The van der Waals surface area contributed by atoms with Crippen molar-refractivity contribution in [2.45, 2.75) is 25.4 Å². The van der Waals surface area contributed by atoms with Crippen LogP contribution in [0.3, 0.4) is 0 Å². The summed E-state index contributed by atoms with van der Waals surface area (Å²) in [5.74, 6) is 1.28. The van der Waals surface area contributed by atoms with Crippen molar-refractivity contribution in [1.82, 2.24) is 13.9 Å². The first-order valence-electron chi connectivity index (χ1n) is 9.65. The minimum atomic E-state index is -3.42. The van der Waals surface area contributed by atoms with Gasteiger partial charge in [-0.05, 0) is 42.7 Å². The third-order valence-corrected chi connectivity index (χ3v) is 7.32. The van der Waals surface area contributed by atoms with Crippen LogP contribution in [-0.2, 0) is 16.6 Å². The Bertz CT molecular complexity index is 1110. The van der Waals surface area contributed by atoms with Crippen LogP contribution in [0, 0.1) is 0 Å². The van der Waals surface area contributed by atoms with E-state index in [-0.39, 0.29) is 11.8 Å². The predicted molar refractivity (Wildman–Crippen MR) is 112 cm³/mol. The van der Waals surface area contributed by atoms with Crippen molar-refractivity contribution >= 4 is 21.1 Å². The summed E-state index contributed by atoms with van der Waals surface area (Å²) in [5.41, 5.74) is 2.74. The quantitative estimate of drug-likeness (QED) is 0.592. The van der Waals surface area contributed by atoms with Gasteiger partial charge in [-0.1, -0.05) is 18.2 Å². The SMILES string of the molecule is COc1ccc([C@H]2CCCN2S(=O)(=O)CCn2cnc3ccccc32)cc1OC. The first-order chi connectivity index (χ1) is 14.0. The van der Waals surface area contributed by atoms with E-state index in [0.29, 0.717) is 24.6 Å². The summed E-state index contributed by atoms with van der Waals surface area (Å²) in [5, 5.41) is 0. The van der Waals surface area contributed by atoms with Gasteiger partial charge in [-0.3, -0.25) is 0 Å². The molecule has 1 saturated heterocycles. The summed E-state index contributed by atoms with van der Waals surface area (Å²) in [6.07, 6.45) is 3.34. The highest BCUT2D eigenvalue weighted by Gasteiger charge is 2.35. The third-order valence-electron chi connectivity index (χ3n) is 5.47. The van der Waals surface area contributed by atoms with Crippen LogP contribution in [0.2, 0.25) is 0 Å². The summed E-state index contributed by atoms with van der Waals surface area (Å²) in [6, 6.07) is 13.2. The number of nitrogens with zero attached hydrogens (tertiary/aromatic N) is 3. The van der Waals surface area contributed by atoms with Gasteiger partial charge in [-0.2, -0.15) is 4.31 Å². The molecule has 0 unspecified atom stereocenters. The van der Waals surface area contributed by atoms with E-state index in [1.54, 1.807) is 24.9 Å². The maximum Gasteiger partial charge on any atom is 0.216 e. The summed E-state index contributed by atoms with van der Waals surface area (Å²) in [4.78, 5) is 4.34. The van der Waals surface area contributed by atoms with E-state index in [4.69, 9.17) is 9.47 Å². The highest BCUT2D eigenvalue weighted by atomic mass is 32.2. The molecule has 0 aliphatic carbocycles. The molecule has 2 aromatic carbocycles. The molecule has 1 atom stereocenters. The molecule has 154 valence electrons. The number of ether oxygens (including phenoxy) is 2. The number of methoxy groups -OCH3 is 2. The van der Waals surface area contributed by atoms with E-state index >= 15 is 0 Å². The van der Waals surface area contributed by atoms with Crippen molar-refractivity contribution in [2.24, 2.45) is 0 Å². The van der Waals surface area contributed by atoms with Crippen LogP contribution < -0.4 is 9.47 Å². The van der Waals surface area contributed by atoms with E-state index in [0.717, 1.165) is 29.4 Å². The fourth-order valence-corrected chi connectivity index (χ4v) is 5.67. The second-order valence-electron chi connectivity index (χ2n) is 7.13. The number of benzene rings is 2. The van der Waals surface area contributed by atoms with Crippen molar-refractivity contribution in [3.63, 3.8) is 0 Å². The van der Waals surface area contributed by atoms with Gasteiger partial charge in [0.15, 0.2) is 11.5 Å². The molecule has 8 heteroatoms. The molecule has 0 amide bonds. The maximum absolute atomic E-state index is 13.2. The Morgan fingerprint density at radius 3 is 2.69 bits per heavy atom. The van der Waals surface area contributed by atoms with Gasteiger partial charge in [0.1, 0.15) is 0 Å². The standard InChI is InChI=1S/C21H25N3O4S/c1-27-20-10-9-16(14-21(20)28-2)18-8-5-11-24(18)29(25,26)13-12-23-15-22-17-6-3-4-7-19(17)23/h3-4,6-7,9-10,14-15,18H,5,8,11-13H2,1-2H3/t18-/m1/s1. The number of hydrogen-bond acceptors (Lipinski definition) is 5. The molecule has 0 N–H and O–H groups in total. The second kappa shape index (κ2) is 8.04. The van der Waals surface area contributed by atoms with Crippen molar-refractivity contribution in [3.8, 4) is 11.5 Å². The Kier molecular flexibility index (Phi) is 5.47. The van der Waals surface area contributed by atoms with E-state index in [1.165, 1.54) is 0 Å². The molecule has 0 saturated carbocycles. The van der Waals surface area contributed by atoms with Crippen molar-refractivity contribution in [2.75, 3.05) is 26.5 Å². The number of hydrogen-bond donors (Lipinski definition) is 0. The molecule has 7 nitrogen and oxygen atoms in total. The molecule has 4 rings (SSSR count). The topological polar surface area (TPSA) is 73.7 Å². The van der Waals surface area contributed by atoms with Crippen LogP contribution in [0.4, 0.5) is 0 Å². The minimum Gasteiger partial charge on any atom is -0.493 e. The molecule has 1 aliphatic heterocycles. The number of aryl methyl sites for hydroxylation is 1. The van der Waals surface area contributed by atoms with Crippen LogP contribution in [0.5, 0.6) is 11.5 Å². The summed E-state index contributed by atoms with van der Waals surface area (Å²) in [6.45, 7) is 0.907. The predicted octanol–water partition coefficient (Wildman–Crippen LogP) is 3.22. The first kappa shape index (κ1) is 19.7. The van der Waals surface area contributed by atoms with Gasteiger partial charge in [-0.25, -0.2) is 13.4 Å². The van der Waals surface area contributed by atoms with Gasteiger partial charge >= 0.3 is 0 Å². The van der Waals surface area contributed by atoms with E-state index in [9.17, 15) is 8.42 Å². The molecule has 2 heterocycles. The lowest BCUT2D eigenvalue weighted by Gasteiger charge is -2.25. The zero-order valence-electron chi connectivity index (χ0n) is 16.6. The smallest absolute Gasteiger partial charge is 0.216 e. The molecule has 0 radical (unpaired) electrons. The van der Waals surface area contributed by atoms with Gasteiger partial charge in [0.25, 0.3) is 0 Å². The number of aromatic nitrogens is 2. The largest absolute Gasteiger partial charge is 0.493 e. The highest BCUT2D eigenvalue weighted by Crippen LogP contribution is 2.38. The van der Waals surface area contributed by atoms with E-state index < -0.39 is 10.0 Å². The summed E-state index contributed by atoms with van der Waals surface area (Å²) < 4.78 is 40.5. The van der Waals surface area contributed by atoms with Crippen LogP contribution in [0.25, 0.3) is 11.0 Å². The number of fused-ring (bicyclic) bond motifs is 1. The Morgan fingerprint density at radius 1 is 1.10 bits per heavy atom. The van der Waals surface area contributed by atoms with Gasteiger partial charge in [-0.15, -0.1) is 0 Å². The van der Waals surface area contributed by atoms with E-state index in [1.807, 2.05) is 47.0 Å². The van der Waals surface area contributed by atoms with Gasteiger partial charge < -0.3 is 14.0 Å². The van der Waals surface area contributed by atoms with Gasteiger partial charge in [0, 0.05) is 19.1 Å². The fraction of sp³-hybridized carbons (Fsp3) is 0.381. The highest BCUT2D eigenvalue weighted by molar-refractivity contribution is 7.89. The summed E-state index contributed by atoms with van der Waals surface area (Å²) in [7, 11) is -0.254. The second-order valence-corrected chi connectivity index (χ2v) is 9.17. The van der Waals surface area contributed by atoms with Crippen molar-refractivity contribution in [3.05, 3.63) is 54.4 Å². The Balaban J connectivity index is 1.54. The van der Waals surface area contributed by atoms with Crippen molar-refractivity contribution in [1.29, 1.82) is 0 Å². The number of rotatable bonds is 7. The third kappa shape index (κ3) is 3.82. The molecule has 29 heavy (non-hydrogen) atoms. The average Bonchev–Trinajstić information content (AvgIpc) is 3.39. The Labute approximate surface area is 170 Å². The normalized spacial score (nSPS) is 17.7. The zero-order chi connectivity index (χ0) is 20.4. The lowest BCUT2D eigenvalue weighted by molar-refractivity contribution is 0.351. The van der Waals surface area contributed by atoms with Crippen molar-refractivity contribution < 1.29 is 17.9 Å². The molecule has 1 aromatic heterocycles. The maximum atomic E-state index is 13.2. The molecule has 1 fully saturated rings. The molecule has 3 aromatic rings.